The molecule has 1 aromatic rings. The zero-order valence-electron chi connectivity index (χ0n) is 10.5. The van der Waals surface area contributed by atoms with Crippen molar-refractivity contribution in [1.82, 2.24) is 15.1 Å². The molecule has 0 saturated carbocycles. The Morgan fingerprint density at radius 2 is 2.25 bits per heavy atom. The predicted octanol–water partition coefficient (Wildman–Crippen LogP) is 1.23. The van der Waals surface area contributed by atoms with Crippen LogP contribution in [0.3, 0.4) is 0 Å². The minimum Gasteiger partial charge on any atom is -0.396 e. The SMILES string of the molecule is CCc1cc(CNC(CC)CCO)n(C)n1. The van der Waals surface area contributed by atoms with Crippen LogP contribution in [0.5, 0.6) is 0 Å². The third kappa shape index (κ3) is 3.61. The van der Waals surface area contributed by atoms with Gasteiger partial charge in [-0.25, -0.2) is 0 Å². The highest BCUT2D eigenvalue weighted by atomic mass is 16.3. The highest BCUT2D eigenvalue weighted by molar-refractivity contribution is 5.10. The van der Waals surface area contributed by atoms with Gasteiger partial charge in [0.25, 0.3) is 0 Å². The number of aromatic nitrogens is 2. The van der Waals surface area contributed by atoms with Crippen LogP contribution < -0.4 is 5.32 Å². The first-order valence-electron chi connectivity index (χ1n) is 6.07. The maximum atomic E-state index is 8.90. The Morgan fingerprint density at radius 1 is 1.50 bits per heavy atom. The highest BCUT2D eigenvalue weighted by Crippen LogP contribution is 2.05. The van der Waals surface area contributed by atoms with Gasteiger partial charge in [0.05, 0.1) is 11.4 Å². The normalized spacial score (nSPS) is 13.0. The van der Waals surface area contributed by atoms with E-state index >= 15 is 0 Å². The van der Waals surface area contributed by atoms with Crippen LogP contribution in [-0.2, 0) is 20.0 Å². The third-order valence-electron chi connectivity index (χ3n) is 2.93. The van der Waals surface area contributed by atoms with Gasteiger partial charge >= 0.3 is 0 Å². The van der Waals surface area contributed by atoms with Gasteiger partial charge in [0.1, 0.15) is 0 Å². The number of nitrogens with zero attached hydrogens (tertiary/aromatic N) is 2. The van der Waals surface area contributed by atoms with Gasteiger partial charge in [-0.3, -0.25) is 4.68 Å². The number of nitrogens with one attached hydrogen (secondary N) is 1. The zero-order valence-corrected chi connectivity index (χ0v) is 10.5. The number of rotatable bonds is 7. The average molecular weight is 225 g/mol. The molecule has 0 saturated heterocycles. The number of hydrogen-bond donors (Lipinski definition) is 2. The van der Waals surface area contributed by atoms with Crippen LogP contribution in [0.1, 0.15) is 38.1 Å². The molecule has 4 heteroatoms. The van der Waals surface area contributed by atoms with E-state index in [1.54, 1.807) is 0 Å². The first kappa shape index (κ1) is 13.2. The standard InChI is InChI=1S/C12H23N3O/c1-4-10(6-7-16)13-9-12-8-11(5-2)14-15(12)3/h8,10,13,16H,4-7,9H2,1-3H3. The van der Waals surface area contributed by atoms with Crippen molar-refractivity contribution in [2.75, 3.05) is 6.61 Å². The summed E-state index contributed by atoms with van der Waals surface area (Å²) >= 11 is 0. The van der Waals surface area contributed by atoms with E-state index in [0.29, 0.717) is 6.04 Å². The molecule has 1 aromatic heterocycles. The van der Waals surface area contributed by atoms with Crippen molar-refractivity contribution in [2.45, 2.75) is 45.7 Å². The topological polar surface area (TPSA) is 50.1 Å². The van der Waals surface area contributed by atoms with Crippen molar-refractivity contribution in [1.29, 1.82) is 0 Å². The van der Waals surface area contributed by atoms with Gasteiger partial charge < -0.3 is 10.4 Å². The fraction of sp³-hybridized carbons (Fsp3) is 0.750. The van der Waals surface area contributed by atoms with Gasteiger partial charge in [0.15, 0.2) is 0 Å². The Kier molecular flexibility index (Phi) is 5.49. The number of aryl methyl sites for hydroxylation is 2. The molecule has 0 spiro atoms. The van der Waals surface area contributed by atoms with Crippen LogP contribution in [0.25, 0.3) is 0 Å². The Labute approximate surface area is 97.7 Å². The maximum absolute atomic E-state index is 8.90. The quantitative estimate of drug-likeness (QED) is 0.734. The monoisotopic (exact) mass is 225 g/mol. The van der Waals surface area contributed by atoms with Crippen LogP contribution in [0.4, 0.5) is 0 Å². The molecular weight excluding hydrogens is 202 g/mol. The molecule has 0 aliphatic heterocycles. The maximum Gasteiger partial charge on any atom is 0.0625 e. The molecule has 1 atom stereocenters. The molecule has 2 N–H and O–H groups in total. The van der Waals surface area contributed by atoms with Gasteiger partial charge in [-0.2, -0.15) is 5.10 Å². The van der Waals surface area contributed by atoms with E-state index in [4.69, 9.17) is 5.11 Å². The van der Waals surface area contributed by atoms with Gasteiger partial charge in [-0.1, -0.05) is 13.8 Å². The fourth-order valence-electron chi connectivity index (χ4n) is 1.76. The van der Waals surface area contributed by atoms with Gasteiger partial charge in [-0.15, -0.1) is 0 Å². The molecule has 0 fully saturated rings. The molecular formula is C12H23N3O. The number of aliphatic hydroxyl groups is 1. The first-order chi connectivity index (χ1) is 7.71. The Bertz CT molecular complexity index is 309. The molecule has 0 aliphatic carbocycles. The van der Waals surface area contributed by atoms with E-state index in [1.165, 1.54) is 5.69 Å². The lowest BCUT2D eigenvalue weighted by molar-refractivity contribution is 0.261. The number of aliphatic hydroxyl groups excluding tert-OH is 1. The van der Waals surface area contributed by atoms with Crippen molar-refractivity contribution in [3.05, 3.63) is 17.5 Å². The smallest absolute Gasteiger partial charge is 0.0625 e. The second kappa shape index (κ2) is 6.66. The Balaban J connectivity index is 2.49. The molecule has 0 radical (unpaired) electrons. The summed E-state index contributed by atoms with van der Waals surface area (Å²) in [6.45, 7) is 5.31. The lowest BCUT2D eigenvalue weighted by atomic mass is 10.1. The summed E-state index contributed by atoms with van der Waals surface area (Å²) in [4.78, 5) is 0. The van der Waals surface area contributed by atoms with Crippen LogP contribution >= 0.6 is 0 Å². The summed E-state index contributed by atoms with van der Waals surface area (Å²) in [7, 11) is 1.98. The minimum atomic E-state index is 0.247. The molecule has 0 amide bonds. The summed E-state index contributed by atoms with van der Waals surface area (Å²) in [6.07, 6.45) is 2.83. The van der Waals surface area contributed by atoms with E-state index in [-0.39, 0.29) is 6.61 Å². The van der Waals surface area contributed by atoms with Crippen LogP contribution in [0.2, 0.25) is 0 Å². The summed E-state index contributed by atoms with van der Waals surface area (Å²) in [5.41, 5.74) is 2.34. The largest absolute Gasteiger partial charge is 0.396 e. The Morgan fingerprint density at radius 3 is 2.75 bits per heavy atom. The van der Waals surface area contributed by atoms with Gasteiger partial charge in [-0.05, 0) is 25.3 Å². The van der Waals surface area contributed by atoms with Gasteiger partial charge in [0, 0.05) is 26.2 Å². The van der Waals surface area contributed by atoms with Crippen molar-refractivity contribution >= 4 is 0 Å². The summed E-state index contributed by atoms with van der Waals surface area (Å²) in [5, 5.41) is 16.8. The lowest BCUT2D eigenvalue weighted by Crippen LogP contribution is -2.29. The molecule has 16 heavy (non-hydrogen) atoms. The van der Waals surface area contributed by atoms with Crippen molar-refractivity contribution in [3.8, 4) is 0 Å². The highest BCUT2D eigenvalue weighted by Gasteiger charge is 2.07. The van der Waals surface area contributed by atoms with Gasteiger partial charge in [0.2, 0.25) is 0 Å². The third-order valence-corrected chi connectivity index (χ3v) is 2.93. The van der Waals surface area contributed by atoms with E-state index in [2.05, 4.69) is 30.3 Å². The molecule has 0 aliphatic rings. The van der Waals surface area contributed by atoms with Crippen LogP contribution in [-0.4, -0.2) is 27.5 Å². The van der Waals surface area contributed by atoms with Crippen molar-refractivity contribution in [3.63, 3.8) is 0 Å². The number of hydrogen-bond acceptors (Lipinski definition) is 3. The van der Waals surface area contributed by atoms with Crippen molar-refractivity contribution in [2.24, 2.45) is 7.05 Å². The molecule has 1 heterocycles. The van der Waals surface area contributed by atoms with E-state index in [0.717, 1.165) is 31.5 Å². The van der Waals surface area contributed by atoms with Crippen LogP contribution in [0, 0.1) is 0 Å². The van der Waals surface area contributed by atoms with E-state index in [9.17, 15) is 0 Å². The first-order valence-corrected chi connectivity index (χ1v) is 6.07. The summed E-state index contributed by atoms with van der Waals surface area (Å²) in [5.74, 6) is 0. The summed E-state index contributed by atoms with van der Waals surface area (Å²) in [6, 6.07) is 2.53. The lowest BCUT2D eigenvalue weighted by Gasteiger charge is -2.15. The predicted molar refractivity (Wildman–Crippen MR) is 65.2 cm³/mol. The summed E-state index contributed by atoms with van der Waals surface area (Å²) < 4.78 is 1.93. The molecule has 1 unspecified atom stereocenters. The molecule has 1 rings (SSSR count). The van der Waals surface area contributed by atoms with Crippen LogP contribution in [0.15, 0.2) is 6.07 Å². The second-order valence-electron chi connectivity index (χ2n) is 4.10. The van der Waals surface area contributed by atoms with Crippen molar-refractivity contribution < 1.29 is 5.11 Å². The van der Waals surface area contributed by atoms with E-state index in [1.807, 2.05) is 11.7 Å². The molecule has 0 aromatic carbocycles. The van der Waals surface area contributed by atoms with E-state index < -0.39 is 0 Å². The second-order valence-corrected chi connectivity index (χ2v) is 4.10. The Hall–Kier alpha value is -0.870. The molecule has 0 bridgehead atoms. The minimum absolute atomic E-state index is 0.247. The molecule has 92 valence electrons. The molecule has 4 nitrogen and oxygen atoms in total. The average Bonchev–Trinajstić information content (AvgIpc) is 2.65. The zero-order chi connectivity index (χ0) is 12.0. The fourth-order valence-corrected chi connectivity index (χ4v) is 1.76.